The Morgan fingerprint density at radius 3 is 2.17 bits per heavy atom. The van der Waals surface area contributed by atoms with Gasteiger partial charge in [-0.15, -0.1) is 0 Å². The van der Waals surface area contributed by atoms with Crippen LogP contribution in [-0.4, -0.2) is 19.0 Å². The Hall–Kier alpha value is -2.03. The average Bonchev–Trinajstić information content (AvgIpc) is 2.55. The summed E-state index contributed by atoms with van der Waals surface area (Å²) in [6.07, 6.45) is 4.05. The van der Waals surface area contributed by atoms with Crippen molar-refractivity contribution in [2.24, 2.45) is 0 Å². The lowest BCUT2D eigenvalue weighted by Crippen LogP contribution is -2.07. The quantitative estimate of drug-likeness (QED) is 0.459. The molecule has 0 unspecified atom stereocenters. The van der Waals surface area contributed by atoms with E-state index in [1.54, 1.807) is 6.92 Å². The number of hydrogen-bond donors (Lipinski definition) is 0. The van der Waals surface area contributed by atoms with Crippen LogP contribution in [0, 0.1) is 0 Å². The fourth-order valence-corrected chi connectivity index (χ4v) is 2.48. The average molecular weight is 314 g/mol. The minimum Gasteiger partial charge on any atom is -0.489 e. The second kappa shape index (κ2) is 8.56. The summed E-state index contributed by atoms with van der Waals surface area (Å²) in [5.41, 5.74) is 0.603. The Labute approximate surface area is 138 Å². The van der Waals surface area contributed by atoms with E-state index in [0.717, 1.165) is 36.5 Å². The van der Waals surface area contributed by atoms with Gasteiger partial charge in [-0.05, 0) is 31.2 Å². The van der Waals surface area contributed by atoms with Crippen molar-refractivity contribution in [1.82, 2.24) is 0 Å². The van der Waals surface area contributed by atoms with Gasteiger partial charge < -0.3 is 9.47 Å². The van der Waals surface area contributed by atoms with E-state index < -0.39 is 0 Å². The van der Waals surface area contributed by atoms with Crippen molar-refractivity contribution in [1.29, 1.82) is 0 Å². The molecule has 2 rings (SSSR count). The summed E-state index contributed by atoms with van der Waals surface area (Å²) in [5.74, 6) is 1.31. The number of Topliss-reactive ketones (excluding diaryl/α,β-unsaturated/α-hetero) is 1. The molecule has 3 heteroatoms. The summed E-state index contributed by atoms with van der Waals surface area (Å²) < 4.78 is 12.0. The third-order valence-electron chi connectivity index (χ3n) is 3.82. The summed E-state index contributed by atoms with van der Waals surface area (Å²) in [6, 6.07) is 9.89. The number of unbranched alkanes of at least 4 members (excludes halogenated alkanes) is 2. The molecular formula is C20H26O3. The van der Waals surface area contributed by atoms with E-state index in [1.807, 2.05) is 30.3 Å². The lowest BCUT2D eigenvalue weighted by atomic mass is 10.0. The van der Waals surface area contributed by atoms with Gasteiger partial charge in [0.2, 0.25) is 0 Å². The SMILES string of the molecule is CCCCOc1c(C(C)=O)cc2ccccc2c1OCCCC. The van der Waals surface area contributed by atoms with Gasteiger partial charge in [-0.1, -0.05) is 51.0 Å². The molecule has 0 saturated carbocycles. The van der Waals surface area contributed by atoms with E-state index in [2.05, 4.69) is 13.8 Å². The molecule has 0 aromatic heterocycles. The maximum absolute atomic E-state index is 12.1. The number of carbonyl (C=O) groups excluding carboxylic acids is 1. The highest BCUT2D eigenvalue weighted by atomic mass is 16.5. The lowest BCUT2D eigenvalue weighted by molar-refractivity contribution is 0.101. The fraction of sp³-hybridized carbons (Fsp3) is 0.450. The summed E-state index contributed by atoms with van der Waals surface area (Å²) >= 11 is 0. The number of benzene rings is 2. The van der Waals surface area contributed by atoms with Gasteiger partial charge in [-0.2, -0.15) is 0 Å². The maximum atomic E-state index is 12.1. The highest BCUT2D eigenvalue weighted by Crippen LogP contribution is 2.39. The molecule has 0 aliphatic rings. The smallest absolute Gasteiger partial charge is 0.172 e. The van der Waals surface area contributed by atoms with Gasteiger partial charge in [0.1, 0.15) is 0 Å². The van der Waals surface area contributed by atoms with Crippen molar-refractivity contribution in [2.45, 2.75) is 46.5 Å². The summed E-state index contributed by atoms with van der Waals surface area (Å²) in [6.45, 7) is 7.05. The first-order valence-corrected chi connectivity index (χ1v) is 8.51. The van der Waals surface area contributed by atoms with Crippen LogP contribution in [0.4, 0.5) is 0 Å². The zero-order valence-electron chi connectivity index (χ0n) is 14.4. The Kier molecular flexibility index (Phi) is 6.45. The van der Waals surface area contributed by atoms with Crippen LogP contribution >= 0.6 is 0 Å². The van der Waals surface area contributed by atoms with Gasteiger partial charge in [-0.25, -0.2) is 0 Å². The highest BCUT2D eigenvalue weighted by molar-refractivity contribution is 6.04. The van der Waals surface area contributed by atoms with Crippen LogP contribution in [0.5, 0.6) is 11.5 Å². The maximum Gasteiger partial charge on any atom is 0.172 e. The molecule has 0 radical (unpaired) electrons. The van der Waals surface area contributed by atoms with E-state index in [0.29, 0.717) is 30.3 Å². The first-order valence-electron chi connectivity index (χ1n) is 8.51. The van der Waals surface area contributed by atoms with Crippen LogP contribution in [0.2, 0.25) is 0 Å². The van der Waals surface area contributed by atoms with Crippen molar-refractivity contribution < 1.29 is 14.3 Å². The van der Waals surface area contributed by atoms with Gasteiger partial charge in [0.15, 0.2) is 17.3 Å². The van der Waals surface area contributed by atoms with E-state index in [4.69, 9.17) is 9.47 Å². The Bertz CT molecular complexity index is 661. The Morgan fingerprint density at radius 2 is 1.57 bits per heavy atom. The molecule has 0 fully saturated rings. The van der Waals surface area contributed by atoms with Crippen molar-refractivity contribution in [3.63, 3.8) is 0 Å². The van der Waals surface area contributed by atoms with Crippen molar-refractivity contribution >= 4 is 16.6 Å². The minimum absolute atomic E-state index is 0.00240. The topological polar surface area (TPSA) is 35.5 Å². The first kappa shape index (κ1) is 17.3. The predicted octanol–water partition coefficient (Wildman–Crippen LogP) is 5.40. The van der Waals surface area contributed by atoms with Crippen LogP contribution in [0.1, 0.15) is 56.8 Å². The van der Waals surface area contributed by atoms with Gasteiger partial charge >= 0.3 is 0 Å². The second-order valence-electron chi connectivity index (χ2n) is 5.76. The first-order chi connectivity index (χ1) is 11.2. The molecule has 124 valence electrons. The number of hydrogen-bond acceptors (Lipinski definition) is 3. The van der Waals surface area contributed by atoms with Gasteiger partial charge in [0, 0.05) is 5.39 Å². The fourth-order valence-electron chi connectivity index (χ4n) is 2.48. The normalized spacial score (nSPS) is 10.7. The van der Waals surface area contributed by atoms with Crippen molar-refractivity contribution in [3.05, 3.63) is 35.9 Å². The molecule has 3 nitrogen and oxygen atoms in total. The lowest BCUT2D eigenvalue weighted by Gasteiger charge is -2.18. The number of ether oxygens (including phenoxy) is 2. The van der Waals surface area contributed by atoms with Crippen LogP contribution in [0.25, 0.3) is 10.8 Å². The molecule has 0 atom stereocenters. The molecule has 0 aliphatic heterocycles. The van der Waals surface area contributed by atoms with E-state index in [1.165, 1.54) is 0 Å². The molecule has 0 heterocycles. The third kappa shape index (κ3) is 4.25. The molecule has 23 heavy (non-hydrogen) atoms. The Balaban J connectivity index is 2.51. The molecule has 2 aromatic carbocycles. The molecule has 2 aromatic rings. The monoisotopic (exact) mass is 314 g/mol. The summed E-state index contributed by atoms with van der Waals surface area (Å²) in [5, 5.41) is 2.01. The molecule has 0 saturated heterocycles. The van der Waals surface area contributed by atoms with Gasteiger partial charge in [-0.3, -0.25) is 4.79 Å². The molecule has 0 amide bonds. The molecule has 0 bridgehead atoms. The number of ketones is 1. The zero-order chi connectivity index (χ0) is 16.7. The van der Waals surface area contributed by atoms with Crippen molar-refractivity contribution in [3.8, 4) is 11.5 Å². The third-order valence-corrected chi connectivity index (χ3v) is 3.82. The van der Waals surface area contributed by atoms with Gasteiger partial charge in [0.05, 0.1) is 18.8 Å². The molecule has 0 N–H and O–H groups in total. The molecular weight excluding hydrogens is 288 g/mol. The highest BCUT2D eigenvalue weighted by Gasteiger charge is 2.19. The summed E-state index contributed by atoms with van der Waals surface area (Å²) in [7, 11) is 0. The van der Waals surface area contributed by atoms with Crippen LogP contribution in [-0.2, 0) is 0 Å². The summed E-state index contributed by atoms with van der Waals surface area (Å²) in [4.78, 5) is 12.1. The van der Waals surface area contributed by atoms with E-state index in [-0.39, 0.29) is 5.78 Å². The van der Waals surface area contributed by atoms with Crippen LogP contribution in [0.15, 0.2) is 30.3 Å². The molecule has 0 spiro atoms. The second-order valence-corrected chi connectivity index (χ2v) is 5.76. The van der Waals surface area contributed by atoms with E-state index in [9.17, 15) is 4.79 Å². The van der Waals surface area contributed by atoms with Crippen molar-refractivity contribution in [2.75, 3.05) is 13.2 Å². The number of fused-ring (bicyclic) bond motifs is 1. The van der Waals surface area contributed by atoms with Crippen LogP contribution in [0.3, 0.4) is 0 Å². The number of rotatable bonds is 9. The van der Waals surface area contributed by atoms with Gasteiger partial charge in [0.25, 0.3) is 0 Å². The largest absolute Gasteiger partial charge is 0.489 e. The van der Waals surface area contributed by atoms with E-state index >= 15 is 0 Å². The standard InChI is InChI=1S/C20H26O3/c1-4-6-12-22-19-17-11-9-8-10-16(17)14-18(15(3)21)20(19)23-13-7-5-2/h8-11,14H,4-7,12-13H2,1-3H3. The minimum atomic E-state index is 0.00240. The number of carbonyl (C=O) groups is 1. The predicted molar refractivity (Wildman–Crippen MR) is 94.8 cm³/mol. The zero-order valence-corrected chi connectivity index (χ0v) is 14.4. The Morgan fingerprint density at radius 1 is 0.957 bits per heavy atom. The molecule has 0 aliphatic carbocycles. The van der Waals surface area contributed by atoms with Crippen LogP contribution < -0.4 is 9.47 Å².